The molecule has 1 unspecified atom stereocenters. The molecule has 0 N–H and O–H groups in total. The summed E-state index contributed by atoms with van der Waals surface area (Å²) in [5, 5.41) is 4.22. The van der Waals surface area contributed by atoms with Gasteiger partial charge in [0.2, 0.25) is 0 Å². The Morgan fingerprint density at radius 3 is 2.35 bits per heavy atom. The third-order valence-electron chi connectivity index (χ3n) is 6.21. The minimum absolute atomic E-state index is 0.0697. The van der Waals surface area contributed by atoms with Gasteiger partial charge in [-0.2, -0.15) is 18.3 Å². The number of carbonyl (C=O) groups is 3. The molecule has 0 saturated carbocycles. The average molecular weight is 478 g/mol. The third-order valence-corrected chi connectivity index (χ3v) is 6.21. The number of aromatic nitrogens is 2. The summed E-state index contributed by atoms with van der Waals surface area (Å²) in [6.45, 7) is 4.68. The van der Waals surface area contributed by atoms with Gasteiger partial charge in [0.05, 0.1) is 28.2 Å². The predicted octanol–water partition coefficient (Wildman–Crippen LogP) is 2.54. The number of ether oxygens (including phenoxy) is 1. The number of aryl methyl sites for hydroxylation is 1. The zero-order valence-corrected chi connectivity index (χ0v) is 18.9. The summed E-state index contributed by atoms with van der Waals surface area (Å²) in [5.74, 6) is -1.59. The van der Waals surface area contributed by atoms with Gasteiger partial charge in [0.1, 0.15) is 6.10 Å². The molecule has 2 fully saturated rings. The number of benzene rings is 1. The second kappa shape index (κ2) is 9.21. The number of hydrogen-bond donors (Lipinski definition) is 0. The summed E-state index contributed by atoms with van der Waals surface area (Å²) in [6.07, 6.45) is -3.43. The monoisotopic (exact) mass is 478 g/mol. The number of amides is 2. The summed E-state index contributed by atoms with van der Waals surface area (Å²) in [6, 6.07) is 4.61. The van der Waals surface area contributed by atoms with Crippen LogP contribution in [-0.4, -0.2) is 76.1 Å². The Labute approximate surface area is 194 Å². The number of halogens is 3. The molecule has 2 aromatic rings. The number of rotatable bonds is 4. The molecule has 0 aliphatic carbocycles. The van der Waals surface area contributed by atoms with Gasteiger partial charge in [-0.15, -0.1) is 0 Å². The van der Waals surface area contributed by atoms with Crippen LogP contribution in [0.4, 0.5) is 13.2 Å². The van der Waals surface area contributed by atoms with E-state index < -0.39 is 29.5 Å². The highest BCUT2D eigenvalue weighted by molar-refractivity contribution is 6.43. The molecule has 0 bridgehead atoms. The van der Waals surface area contributed by atoms with Crippen molar-refractivity contribution in [3.05, 3.63) is 46.8 Å². The Balaban J connectivity index is 1.48. The van der Waals surface area contributed by atoms with Gasteiger partial charge in [0.25, 0.3) is 17.6 Å². The van der Waals surface area contributed by atoms with Gasteiger partial charge in [0.15, 0.2) is 0 Å². The Kier molecular flexibility index (Phi) is 6.48. The van der Waals surface area contributed by atoms with Crippen molar-refractivity contribution >= 4 is 17.6 Å². The molecule has 1 aromatic carbocycles. The van der Waals surface area contributed by atoms with Crippen molar-refractivity contribution in [1.82, 2.24) is 19.6 Å². The topological polar surface area (TPSA) is 84.7 Å². The maximum absolute atomic E-state index is 13.1. The summed E-state index contributed by atoms with van der Waals surface area (Å²) in [5.41, 5.74) is -0.0942. The van der Waals surface area contributed by atoms with Crippen molar-refractivity contribution in [3.8, 4) is 5.69 Å². The van der Waals surface area contributed by atoms with Crippen molar-refractivity contribution in [2.24, 2.45) is 0 Å². The van der Waals surface area contributed by atoms with Gasteiger partial charge in [-0.3, -0.25) is 14.4 Å². The molecule has 0 spiro atoms. The molecule has 4 rings (SSSR count). The largest absolute Gasteiger partial charge is 0.416 e. The minimum atomic E-state index is -4.52. The Morgan fingerprint density at radius 1 is 1.06 bits per heavy atom. The summed E-state index contributed by atoms with van der Waals surface area (Å²) in [4.78, 5) is 41.5. The van der Waals surface area contributed by atoms with Crippen LogP contribution in [0.2, 0.25) is 0 Å². The second-order valence-electron chi connectivity index (χ2n) is 8.45. The van der Waals surface area contributed by atoms with Crippen LogP contribution < -0.4 is 0 Å². The first-order chi connectivity index (χ1) is 16.1. The van der Waals surface area contributed by atoms with Crippen molar-refractivity contribution in [1.29, 1.82) is 0 Å². The van der Waals surface area contributed by atoms with Crippen molar-refractivity contribution in [2.75, 3.05) is 32.8 Å². The fourth-order valence-electron chi connectivity index (χ4n) is 4.39. The molecule has 8 nitrogen and oxygen atoms in total. The van der Waals surface area contributed by atoms with Gasteiger partial charge < -0.3 is 14.5 Å². The Hall–Kier alpha value is -3.21. The van der Waals surface area contributed by atoms with Crippen LogP contribution >= 0.6 is 0 Å². The molecule has 3 heterocycles. The van der Waals surface area contributed by atoms with E-state index in [1.165, 1.54) is 28.6 Å². The van der Waals surface area contributed by atoms with Crippen LogP contribution in [0.5, 0.6) is 0 Å². The van der Waals surface area contributed by atoms with Crippen molar-refractivity contribution < 1.29 is 32.3 Å². The van der Waals surface area contributed by atoms with Crippen LogP contribution in [0.25, 0.3) is 5.69 Å². The molecule has 2 amide bonds. The van der Waals surface area contributed by atoms with Crippen molar-refractivity contribution in [3.63, 3.8) is 0 Å². The molecular weight excluding hydrogens is 453 g/mol. The molecule has 2 saturated heterocycles. The number of alkyl halides is 3. The number of ketones is 1. The highest BCUT2D eigenvalue weighted by Crippen LogP contribution is 2.31. The minimum Gasteiger partial charge on any atom is -0.368 e. The summed E-state index contributed by atoms with van der Waals surface area (Å²) in [7, 11) is 0. The molecule has 182 valence electrons. The number of Topliss-reactive ketones (excluding diaryl/α,β-unsaturated/α-hetero) is 1. The lowest BCUT2D eigenvalue weighted by atomic mass is 10.1. The lowest BCUT2D eigenvalue weighted by Gasteiger charge is -2.35. The normalized spacial score (nSPS) is 18.9. The van der Waals surface area contributed by atoms with Gasteiger partial charge in [0, 0.05) is 32.8 Å². The predicted molar refractivity (Wildman–Crippen MR) is 115 cm³/mol. The van der Waals surface area contributed by atoms with E-state index >= 15 is 0 Å². The molecule has 0 radical (unpaired) electrons. The first-order valence-electron chi connectivity index (χ1n) is 11.1. The molecule has 2 aliphatic heterocycles. The zero-order valence-electron chi connectivity index (χ0n) is 18.9. The van der Waals surface area contributed by atoms with Gasteiger partial charge in [-0.25, -0.2) is 4.68 Å². The van der Waals surface area contributed by atoms with Crippen LogP contribution in [-0.2, 0) is 20.5 Å². The number of nitrogens with zero attached hydrogens (tertiary/aromatic N) is 4. The van der Waals surface area contributed by atoms with Gasteiger partial charge in [-0.1, -0.05) is 6.07 Å². The highest BCUT2D eigenvalue weighted by Gasteiger charge is 2.35. The third kappa shape index (κ3) is 4.56. The lowest BCUT2D eigenvalue weighted by Crippen LogP contribution is -2.54. The molecule has 1 atom stereocenters. The Morgan fingerprint density at radius 2 is 1.74 bits per heavy atom. The van der Waals surface area contributed by atoms with E-state index in [9.17, 15) is 27.6 Å². The molecule has 11 heteroatoms. The summed E-state index contributed by atoms with van der Waals surface area (Å²) >= 11 is 0. The van der Waals surface area contributed by atoms with E-state index in [0.29, 0.717) is 26.1 Å². The number of hydrogen-bond acceptors (Lipinski definition) is 5. The fourth-order valence-corrected chi connectivity index (χ4v) is 4.39. The second-order valence-corrected chi connectivity index (χ2v) is 8.45. The van der Waals surface area contributed by atoms with Crippen LogP contribution in [0.3, 0.4) is 0 Å². The van der Waals surface area contributed by atoms with Crippen LogP contribution in [0, 0.1) is 13.8 Å². The quantitative estimate of drug-likeness (QED) is 0.498. The van der Waals surface area contributed by atoms with E-state index in [1.54, 1.807) is 11.8 Å². The standard InChI is InChI=1S/C23H25F3N4O4/c1-14-19(15(2)30(27-14)17-6-3-5-16(13-17)23(24,25)26)20(31)22(33)29-10-8-28(9-11-29)21(32)18-7-4-12-34-18/h3,5-6,13,18H,4,7-12H2,1-2H3. The van der Waals surface area contributed by atoms with E-state index in [0.717, 1.165) is 18.6 Å². The van der Waals surface area contributed by atoms with E-state index in [2.05, 4.69) is 5.10 Å². The first kappa shape index (κ1) is 23.9. The SMILES string of the molecule is Cc1nn(-c2cccc(C(F)(F)F)c2)c(C)c1C(=O)C(=O)N1CCN(C(=O)C2CCCO2)CC1. The highest BCUT2D eigenvalue weighted by atomic mass is 19.4. The number of carbonyl (C=O) groups excluding carboxylic acids is 3. The van der Waals surface area contributed by atoms with E-state index in [4.69, 9.17) is 4.74 Å². The van der Waals surface area contributed by atoms with E-state index in [1.807, 2.05) is 0 Å². The average Bonchev–Trinajstić information content (AvgIpc) is 3.45. The molecule has 2 aliphatic rings. The maximum atomic E-state index is 13.1. The van der Waals surface area contributed by atoms with Crippen LogP contribution in [0.15, 0.2) is 24.3 Å². The smallest absolute Gasteiger partial charge is 0.368 e. The van der Waals surface area contributed by atoms with Gasteiger partial charge >= 0.3 is 6.18 Å². The zero-order chi connectivity index (χ0) is 24.6. The van der Waals surface area contributed by atoms with Gasteiger partial charge in [-0.05, 0) is 44.9 Å². The van der Waals surface area contributed by atoms with E-state index in [-0.39, 0.29) is 41.6 Å². The molecular formula is C23H25F3N4O4. The fraction of sp³-hybridized carbons (Fsp3) is 0.478. The number of piperazine rings is 1. The molecule has 34 heavy (non-hydrogen) atoms. The maximum Gasteiger partial charge on any atom is 0.416 e. The Bertz CT molecular complexity index is 1110. The lowest BCUT2D eigenvalue weighted by molar-refractivity contribution is -0.144. The first-order valence-corrected chi connectivity index (χ1v) is 11.1. The van der Waals surface area contributed by atoms with Crippen molar-refractivity contribution in [2.45, 2.75) is 39.0 Å². The summed E-state index contributed by atoms with van der Waals surface area (Å²) < 4.78 is 46.0. The molecule has 1 aromatic heterocycles. The van der Waals surface area contributed by atoms with Crippen LogP contribution in [0.1, 0.15) is 40.2 Å².